The number of carbonyl (C=O) groups is 1. The number of ether oxygens (including phenoxy) is 1. The van der Waals surface area contributed by atoms with Crippen LogP contribution >= 0.6 is 0 Å². The molecule has 0 unspecified atom stereocenters. The second kappa shape index (κ2) is 6.55. The highest BCUT2D eigenvalue weighted by Gasteiger charge is 2.12. The molecule has 0 aliphatic rings. The zero-order valence-electron chi connectivity index (χ0n) is 10.0. The molecule has 1 amide bonds. The van der Waals surface area contributed by atoms with Crippen molar-refractivity contribution in [3.05, 3.63) is 33.9 Å². The highest BCUT2D eigenvalue weighted by Crippen LogP contribution is 2.24. The van der Waals surface area contributed by atoms with Gasteiger partial charge in [0.15, 0.2) is 0 Å². The third-order valence-electron chi connectivity index (χ3n) is 2.31. The monoisotopic (exact) mass is 253 g/mol. The van der Waals surface area contributed by atoms with Gasteiger partial charge in [-0.1, -0.05) is 6.07 Å². The van der Waals surface area contributed by atoms with Crippen molar-refractivity contribution in [3.63, 3.8) is 0 Å². The minimum absolute atomic E-state index is 0.0676. The molecule has 0 aliphatic heterocycles. The van der Waals surface area contributed by atoms with E-state index in [0.29, 0.717) is 24.4 Å². The number of nitrogens with two attached hydrogens (primary N) is 1. The van der Waals surface area contributed by atoms with Crippen molar-refractivity contribution in [1.29, 1.82) is 0 Å². The largest absolute Gasteiger partial charge is 0.382 e. The highest BCUT2D eigenvalue weighted by molar-refractivity contribution is 5.74. The first-order valence-corrected chi connectivity index (χ1v) is 5.36. The number of carbonyl (C=O) groups excluding carboxylic acids is 1. The molecule has 7 heteroatoms. The van der Waals surface area contributed by atoms with E-state index in [4.69, 9.17) is 10.5 Å². The van der Waals surface area contributed by atoms with Gasteiger partial charge in [0.2, 0.25) is 5.91 Å². The molecule has 0 bridgehead atoms. The molecule has 0 radical (unpaired) electrons. The van der Waals surface area contributed by atoms with Gasteiger partial charge in [0.05, 0.1) is 11.5 Å². The Labute approximate surface area is 104 Å². The minimum Gasteiger partial charge on any atom is -0.382 e. The lowest BCUT2D eigenvalue weighted by molar-refractivity contribution is -0.385. The van der Waals surface area contributed by atoms with E-state index in [2.05, 4.69) is 5.32 Å². The molecule has 0 aliphatic carbocycles. The van der Waals surface area contributed by atoms with Crippen LogP contribution in [0.5, 0.6) is 0 Å². The number of nitro benzene ring substituents is 1. The van der Waals surface area contributed by atoms with Gasteiger partial charge in [-0.15, -0.1) is 0 Å². The molecule has 0 heterocycles. The quantitative estimate of drug-likeness (QED) is 0.425. The second-order valence-corrected chi connectivity index (χ2v) is 3.65. The van der Waals surface area contributed by atoms with Gasteiger partial charge in [-0.2, -0.15) is 0 Å². The van der Waals surface area contributed by atoms with Gasteiger partial charge in [0.1, 0.15) is 6.61 Å². The number of nitro groups is 1. The fraction of sp³-hybridized carbons (Fsp3) is 0.364. The maximum atomic E-state index is 10.7. The molecule has 1 aromatic rings. The van der Waals surface area contributed by atoms with E-state index >= 15 is 0 Å². The Morgan fingerprint density at radius 3 is 2.89 bits per heavy atom. The van der Waals surface area contributed by atoms with Crippen LogP contribution in [0.2, 0.25) is 0 Å². The first-order valence-electron chi connectivity index (χ1n) is 5.36. The highest BCUT2D eigenvalue weighted by atomic mass is 16.6. The summed E-state index contributed by atoms with van der Waals surface area (Å²) in [5.41, 5.74) is 6.21. The summed E-state index contributed by atoms with van der Waals surface area (Å²) in [6, 6.07) is 4.80. The molecule has 7 nitrogen and oxygen atoms in total. The molecule has 0 spiro atoms. The van der Waals surface area contributed by atoms with Gasteiger partial charge in [0.25, 0.3) is 5.69 Å². The van der Waals surface area contributed by atoms with Gasteiger partial charge in [-0.25, -0.2) is 0 Å². The normalized spacial score (nSPS) is 10.1. The SMILES string of the molecule is Cc1c(NCCOCC(N)=O)cccc1[N+](=O)[O-]. The van der Waals surface area contributed by atoms with Crippen LogP contribution in [-0.2, 0) is 9.53 Å². The molecule has 98 valence electrons. The summed E-state index contributed by atoms with van der Waals surface area (Å²) < 4.78 is 4.96. The van der Waals surface area contributed by atoms with Crippen molar-refractivity contribution in [3.8, 4) is 0 Å². The van der Waals surface area contributed by atoms with E-state index in [1.807, 2.05) is 0 Å². The maximum absolute atomic E-state index is 10.7. The predicted molar refractivity (Wildman–Crippen MR) is 66.3 cm³/mol. The third-order valence-corrected chi connectivity index (χ3v) is 2.31. The molecule has 0 atom stereocenters. The van der Waals surface area contributed by atoms with Gasteiger partial charge in [-0.3, -0.25) is 14.9 Å². The van der Waals surface area contributed by atoms with Gasteiger partial charge >= 0.3 is 0 Å². The lowest BCUT2D eigenvalue weighted by Crippen LogP contribution is -2.20. The molecule has 1 aromatic carbocycles. The Kier molecular flexibility index (Phi) is 5.06. The van der Waals surface area contributed by atoms with Crippen LogP contribution in [0.4, 0.5) is 11.4 Å². The fourth-order valence-electron chi connectivity index (χ4n) is 1.44. The molecule has 18 heavy (non-hydrogen) atoms. The number of anilines is 1. The van der Waals surface area contributed by atoms with Crippen LogP contribution in [0.1, 0.15) is 5.56 Å². The van der Waals surface area contributed by atoms with Crippen LogP contribution in [-0.4, -0.2) is 30.6 Å². The Bertz CT molecular complexity index is 448. The number of primary amides is 1. The van der Waals surface area contributed by atoms with E-state index in [0.717, 1.165) is 0 Å². The Morgan fingerprint density at radius 2 is 2.28 bits per heavy atom. The Balaban J connectivity index is 2.50. The van der Waals surface area contributed by atoms with Crippen LogP contribution in [0.15, 0.2) is 18.2 Å². The van der Waals surface area contributed by atoms with Crippen LogP contribution in [0.3, 0.4) is 0 Å². The van der Waals surface area contributed by atoms with Crippen molar-refractivity contribution in [2.75, 3.05) is 25.1 Å². The first-order chi connectivity index (χ1) is 8.52. The topological polar surface area (TPSA) is 107 Å². The Morgan fingerprint density at radius 1 is 1.56 bits per heavy atom. The smallest absolute Gasteiger partial charge is 0.274 e. The number of hydrogen-bond donors (Lipinski definition) is 2. The van der Waals surface area contributed by atoms with Crippen LogP contribution < -0.4 is 11.1 Å². The standard InChI is InChI=1S/C11H15N3O4/c1-8-9(3-2-4-10(8)14(16)17)13-5-6-18-7-11(12)15/h2-4,13H,5-7H2,1H3,(H2,12,15). The van der Waals surface area contributed by atoms with Crippen LogP contribution in [0, 0.1) is 17.0 Å². The zero-order valence-corrected chi connectivity index (χ0v) is 10.0. The van der Waals surface area contributed by atoms with Crippen molar-refractivity contribution < 1.29 is 14.5 Å². The lowest BCUT2D eigenvalue weighted by atomic mass is 10.1. The van der Waals surface area contributed by atoms with Crippen molar-refractivity contribution >= 4 is 17.3 Å². The number of hydrogen-bond acceptors (Lipinski definition) is 5. The van der Waals surface area contributed by atoms with Crippen LogP contribution in [0.25, 0.3) is 0 Å². The molecule has 1 rings (SSSR count). The van der Waals surface area contributed by atoms with E-state index in [1.165, 1.54) is 6.07 Å². The van der Waals surface area contributed by atoms with E-state index in [-0.39, 0.29) is 12.3 Å². The molecule has 0 saturated carbocycles. The summed E-state index contributed by atoms with van der Waals surface area (Å²) in [7, 11) is 0. The van der Waals surface area contributed by atoms with Gasteiger partial charge in [-0.05, 0) is 13.0 Å². The number of amides is 1. The fourth-order valence-corrected chi connectivity index (χ4v) is 1.44. The number of rotatable bonds is 7. The second-order valence-electron chi connectivity index (χ2n) is 3.65. The summed E-state index contributed by atoms with van der Waals surface area (Å²) >= 11 is 0. The van der Waals surface area contributed by atoms with Crippen molar-refractivity contribution in [2.45, 2.75) is 6.92 Å². The zero-order chi connectivity index (χ0) is 13.5. The van der Waals surface area contributed by atoms with E-state index < -0.39 is 10.8 Å². The molecule has 0 aromatic heterocycles. The minimum atomic E-state index is -0.526. The van der Waals surface area contributed by atoms with Crippen molar-refractivity contribution in [1.82, 2.24) is 0 Å². The number of benzene rings is 1. The summed E-state index contributed by atoms with van der Waals surface area (Å²) in [4.78, 5) is 20.7. The summed E-state index contributed by atoms with van der Waals surface area (Å²) in [6.07, 6.45) is 0. The van der Waals surface area contributed by atoms with E-state index in [1.54, 1.807) is 19.1 Å². The molecule has 0 saturated heterocycles. The van der Waals surface area contributed by atoms with E-state index in [9.17, 15) is 14.9 Å². The van der Waals surface area contributed by atoms with Gasteiger partial charge < -0.3 is 15.8 Å². The summed E-state index contributed by atoms with van der Waals surface area (Å²) in [6.45, 7) is 2.28. The molecule has 0 fully saturated rings. The summed E-state index contributed by atoms with van der Waals surface area (Å²) in [5, 5.41) is 13.7. The molecular formula is C11H15N3O4. The van der Waals surface area contributed by atoms with Gasteiger partial charge in [0, 0.05) is 23.9 Å². The summed E-state index contributed by atoms with van der Waals surface area (Å²) in [5.74, 6) is -0.526. The number of nitrogens with one attached hydrogen (secondary N) is 1. The first kappa shape index (κ1) is 13.9. The third kappa shape index (κ3) is 4.02. The average molecular weight is 253 g/mol. The molecule has 3 N–H and O–H groups in total. The average Bonchev–Trinajstić information content (AvgIpc) is 2.30. The number of nitrogens with zero attached hydrogens (tertiary/aromatic N) is 1. The molecular weight excluding hydrogens is 238 g/mol. The predicted octanol–water partition coefficient (Wildman–Crippen LogP) is 0.817. The maximum Gasteiger partial charge on any atom is 0.274 e. The lowest BCUT2D eigenvalue weighted by Gasteiger charge is -2.09. The van der Waals surface area contributed by atoms with Crippen molar-refractivity contribution in [2.24, 2.45) is 5.73 Å². The Hall–Kier alpha value is -2.15.